The standard InChI is InChI=1S/C23H19N3O3/c1-16-6-2-5-9-21(16)29-15-22-25-20-8-4-3-7-19(20)23(28)26(22)24-14-17-10-12-18(27)13-11-17/h2-14,27H,15H2,1H3/b24-14-. The van der Waals surface area contributed by atoms with Gasteiger partial charge >= 0.3 is 0 Å². The summed E-state index contributed by atoms with van der Waals surface area (Å²) in [4.78, 5) is 17.6. The second-order valence-electron chi connectivity index (χ2n) is 6.55. The molecule has 3 aromatic carbocycles. The molecule has 0 atom stereocenters. The lowest BCUT2D eigenvalue weighted by molar-refractivity contribution is 0.287. The molecule has 144 valence electrons. The van der Waals surface area contributed by atoms with Crippen LogP contribution in [0.4, 0.5) is 0 Å². The molecular formula is C23H19N3O3. The van der Waals surface area contributed by atoms with Gasteiger partial charge in [-0.05, 0) is 60.5 Å². The minimum Gasteiger partial charge on any atom is -0.508 e. The van der Waals surface area contributed by atoms with Crippen molar-refractivity contribution >= 4 is 17.1 Å². The van der Waals surface area contributed by atoms with Gasteiger partial charge in [0.25, 0.3) is 5.56 Å². The third kappa shape index (κ3) is 4.01. The number of aromatic nitrogens is 2. The number of hydrogen-bond donors (Lipinski definition) is 1. The molecule has 0 aliphatic carbocycles. The largest absolute Gasteiger partial charge is 0.508 e. The molecule has 6 heteroatoms. The van der Waals surface area contributed by atoms with Crippen LogP contribution in [-0.2, 0) is 6.61 Å². The molecule has 1 N–H and O–H groups in total. The van der Waals surface area contributed by atoms with Crippen LogP contribution in [0.25, 0.3) is 10.9 Å². The van der Waals surface area contributed by atoms with Crippen LogP contribution in [0.15, 0.2) is 82.7 Å². The number of aromatic hydroxyl groups is 1. The molecule has 0 saturated heterocycles. The third-order valence-corrected chi connectivity index (χ3v) is 4.49. The summed E-state index contributed by atoms with van der Waals surface area (Å²) in [5.74, 6) is 1.29. The van der Waals surface area contributed by atoms with Gasteiger partial charge in [-0.25, -0.2) is 4.98 Å². The molecule has 4 rings (SSSR count). The van der Waals surface area contributed by atoms with Crippen molar-refractivity contribution in [2.24, 2.45) is 5.10 Å². The molecule has 0 bridgehead atoms. The van der Waals surface area contributed by atoms with Gasteiger partial charge in [0.1, 0.15) is 18.1 Å². The average Bonchev–Trinajstić information content (AvgIpc) is 2.74. The van der Waals surface area contributed by atoms with Gasteiger partial charge in [-0.3, -0.25) is 4.79 Å². The van der Waals surface area contributed by atoms with Crippen molar-refractivity contribution in [2.45, 2.75) is 13.5 Å². The molecule has 0 unspecified atom stereocenters. The number of rotatable bonds is 5. The Morgan fingerprint density at radius 1 is 1.03 bits per heavy atom. The predicted octanol–water partition coefficient (Wildman–Crippen LogP) is 3.87. The molecule has 0 aliphatic rings. The van der Waals surface area contributed by atoms with E-state index in [0.29, 0.717) is 16.7 Å². The molecule has 29 heavy (non-hydrogen) atoms. The summed E-state index contributed by atoms with van der Waals surface area (Å²) in [5.41, 5.74) is 2.06. The molecule has 0 radical (unpaired) electrons. The summed E-state index contributed by atoms with van der Waals surface area (Å²) >= 11 is 0. The van der Waals surface area contributed by atoms with Gasteiger partial charge < -0.3 is 9.84 Å². The van der Waals surface area contributed by atoms with E-state index in [1.807, 2.05) is 37.3 Å². The molecule has 0 amide bonds. The van der Waals surface area contributed by atoms with Crippen LogP contribution in [0, 0.1) is 6.92 Å². The van der Waals surface area contributed by atoms with E-state index in [9.17, 15) is 9.90 Å². The van der Waals surface area contributed by atoms with Crippen molar-refractivity contribution in [2.75, 3.05) is 0 Å². The van der Waals surface area contributed by atoms with Gasteiger partial charge in [-0.2, -0.15) is 9.78 Å². The van der Waals surface area contributed by atoms with E-state index in [-0.39, 0.29) is 17.9 Å². The fraction of sp³-hybridized carbons (Fsp3) is 0.0870. The van der Waals surface area contributed by atoms with Gasteiger partial charge in [0, 0.05) is 0 Å². The number of para-hydroxylation sites is 2. The summed E-state index contributed by atoms with van der Waals surface area (Å²) in [6, 6.07) is 21.4. The first-order valence-electron chi connectivity index (χ1n) is 9.14. The van der Waals surface area contributed by atoms with E-state index < -0.39 is 0 Å². The van der Waals surface area contributed by atoms with Crippen molar-refractivity contribution in [1.82, 2.24) is 9.66 Å². The van der Waals surface area contributed by atoms with E-state index in [0.717, 1.165) is 16.9 Å². The maximum Gasteiger partial charge on any atom is 0.282 e. The van der Waals surface area contributed by atoms with E-state index >= 15 is 0 Å². The topological polar surface area (TPSA) is 76.7 Å². The van der Waals surface area contributed by atoms with Gasteiger partial charge in [0.05, 0.1) is 17.1 Å². The van der Waals surface area contributed by atoms with Crippen molar-refractivity contribution in [3.63, 3.8) is 0 Å². The number of hydrogen-bond acceptors (Lipinski definition) is 5. The maximum absolute atomic E-state index is 13.0. The lowest BCUT2D eigenvalue weighted by Gasteiger charge is -2.12. The molecular weight excluding hydrogens is 366 g/mol. The summed E-state index contributed by atoms with van der Waals surface area (Å²) in [5, 5.41) is 14.2. The van der Waals surface area contributed by atoms with Crippen molar-refractivity contribution in [3.05, 3.63) is 100 Å². The summed E-state index contributed by atoms with van der Waals surface area (Å²) in [6.45, 7) is 2.05. The molecule has 6 nitrogen and oxygen atoms in total. The van der Waals surface area contributed by atoms with Crippen molar-refractivity contribution in [1.29, 1.82) is 0 Å². The average molecular weight is 385 g/mol. The van der Waals surface area contributed by atoms with Crippen LogP contribution < -0.4 is 10.3 Å². The van der Waals surface area contributed by atoms with Crippen LogP contribution in [0.1, 0.15) is 17.0 Å². The van der Waals surface area contributed by atoms with Crippen LogP contribution in [0.3, 0.4) is 0 Å². The van der Waals surface area contributed by atoms with E-state index in [2.05, 4.69) is 10.1 Å². The highest BCUT2D eigenvalue weighted by Gasteiger charge is 2.11. The number of phenolic OH excluding ortho intramolecular Hbond substituents is 1. The van der Waals surface area contributed by atoms with Crippen molar-refractivity contribution < 1.29 is 9.84 Å². The Hall–Kier alpha value is -3.93. The highest BCUT2D eigenvalue weighted by molar-refractivity contribution is 5.80. The Kier molecular flexibility index (Phi) is 5.07. The van der Waals surface area contributed by atoms with Crippen LogP contribution in [0.2, 0.25) is 0 Å². The molecule has 4 aromatic rings. The maximum atomic E-state index is 13.0. The monoisotopic (exact) mass is 385 g/mol. The number of fused-ring (bicyclic) bond motifs is 1. The third-order valence-electron chi connectivity index (χ3n) is 4.49. The quantitative estimate of drug-likeness (QED) is 0.529. The highest BCUT2D eigenvalue weighted by atomic mass is 16.5. The summed E-state index contributed by atoms with van der Waals surface area (Å²) in [7, 11) is 0. The van der Waals surface area contributed by atoms with Gasteiger partial charge in [0.15, 0.2) is 5.82 Å². The zero-order chi connectivity index (χ0) is 20.2. The fourth-order valence-corrected chi connectivity index (χ4v) is 2.93. The minimum atomic E-state index is -0.269. The Morgan fingerprint density at radius 2 is 1.76 bits per heavy atom. The summed E-state index contributed by atoms with van der Waals surface area (Å²) in [6.07, 6.45) is 1.55. The first-order valence-corrected chi connectivity index (χ1v) is 9.14. The number of phenols is 1. The smallest absolute Gasteiger partial charge is 0.282 e. The van der Waals surface area contributed by atoms with Crippen LogP contribution in [-0.4, -0.2) is 21.0 Å². The van der Waals surface area contributed by atoms with E-state index in [4.69, 9.17) is 4.74 Å². The zero-order valence-corrected chi connectivity index (χ0v) is 15.8. The second kappa shape index (κ2) is 7.98. The van der Waals surface area contributed by atoms with Crippen LogP contribution >= 0.6 is 0 Å². The number of benzene rings is 3. The Morgan fingerprint density at radius 3 is 2.55 bits per heavy atom. The first kappa shape index (κ1) is 18.4. The molecule has 1 heterocycles. The van der Waals surface area contributed by atoms with Gasteiger partial charge in [0.2, 0.25) is 0 Å². The Balaban J connectivity index is 1.75. The van der Waals surface area contributed by atoms with Gasteiger partial charge in [-0.15, -0.1) is 0 Å². The number of nitrogens with zero attached hydrogens (tertiary/aromatic N) is 3. The molecule has 0 spiro atoms. The second-order valence-corrected chi connectivity index (χ2v) is 6.55. The highest BCUT2D eigenvalue weighted by Crippen LogP contribution is 2.18. The summed E-state index contributed by atoms with van der Waals surface area (Å²) < 4.78 is 7.16. The van der Waals surface area contributed by atoms with Crippen molar-refractivity contribution in [3.8, 4) is 11.5 Å². The van der Waals surface area contributed by atoms with Crippen LogP contribution in [0.5, 0.6) is 11.5 Å². The lowest BCUT2D eigenvalue weighted by atomic mass is 10.2. The zero-order valence-electron chi connectivity index (χ0n) is 15.8. The number of ether oxygens (including phenoxy) is 1. The normalized spacial score (nSPS) is 11.2. The SMILES string of the molecule is Cc1ccccc1OCc1nc2ccccc2c(=O)n1/N=C\c1ccc(O)cc1. The lowest BCUT2D eigenvalue weighted by Crippen LogP contribution is -2.23. The molecule has 0 fully saturated rings. The van der Waals surface area contributed by atoms with E-state index in [1.54, 1.807) is 48.7 Å². The predicted molar refractivity (Wildman–Crippen MR) is 113 cm³/mol. The van der Waals surface area contributed by atoms with E-state index in [1.165, 1.54) is 4.68 Å². The van der Waals surface area contributed by atoms with Gasteiger partial charge in [-0.1, -0.05) is 30.3 Å². The molecule has 0 aliphatic heterocycles. The fourth-order valence-electron chi connectivity index (χ4n) is 2.93. The first-order chi connectivity index (χ1) is 14.1. The minimum absolute atomic E-state index is 0.0951. The molecule has 0 saturated carbocycles. The number of aryl methyl sites for hydroxylation is 1. The Labute approximate surface area is 167 Å². The Bertz CT molecular complexity index is 1240. The molecule has 1 aromatic heterocycles.